The maximum Gasteiger partial charge on any atom is 0.433 e. The Morgan fingerprint density at radius 2 is 1.83 bits per heavy atom. The number of alkyl halides is 3. The van der Waals surface area contributed by atoms with Crippen molar-refractivity contribution < 1.29 is 13.2 Å². The first-order valence-corrected chi connectivity index (χ1v) is 10.9. The van der Waals surface area contributed by atoms with Gasteiger partial charge in [0, 0.05) is 17.8 Å². The molecule has 2 aliphatic rings. The van der Waals surface area contributed by atoms with Crippen LogP contribution in [0.4, 0.5) is 13.2 Å². The van der Waals surface area contributed by atoms with E-state index in [4.69, 9.17) is 0 Å². The van der Waals surface area contributed by atoms with Crippen molar-refractivity contribution in [3.63, 3.8) is 0 Å². The number of fused-ring (bicyclic) bond motifs is 1. The Kier molecular flexibility index (Phi) is 5.84. The number of piperidine rings is 1. The largest absolute Gasteiger partial charge is 0.433 e. The Morgan fingerprint density at radius 1 is 1.07 bits per heavy atom. The molecular weight excluding hydrogens is 379 g/mol. The Balaban J connectivity index is 1.60. The van der Waals surface area contributed by atoms with E-state index in [1.54, 1.807) is 6.07 Å². The standard InChI is InChI=1S/C21H30F3N5/c1-3-9-27-11-7-16(8-12-27)28-10-5-6-18(28)17-14-20-25-15(4-2)13-19(21(22,23)24)29(20)26-17/h13-14,16,18H,3-12H2,1-2H3. The zero-order chi connectivity index (χ0) is 20.6. The lowest BCUT2D eigenvalue weighted by Gasteiger charge is -2.39. The van der Waals surface area contributed by atoms with Gasteiger partial charge in [-0.15, -0.1) is 0 Å². The van der Waals surface area contributed by atoms with Crippen molar-refractivity contribution in [2.75, 3.05) is 26.2 Å². The molecule has 4 heterocycles. The molecule has 8 heteroatoms. The first kappa shape index (κ1) is 20.6. The van der Waals surface area contributed by atoms with Crippen LogP contribution in [0.15, 0.2) is 12.1 Å². The molecular formula is C21H30F3N5. The second-order valence-corrected chi connectivity index (χ2v) is 8.29. The van der Waals surface area contributed by atoms with E-state index in [1.807, 2.05) is 6.92 Å². The maximum atomic E-state index is 13.6. The Hall–Kier alpha value is -1.67. The van der Waals surface area contributed by atoms with Crippen molar-refractivity contribution in [1.82, 2.24) is 24.4 Å². The van der Waals surface area contributed by atoms with E-state index in [-0.39, 0.29) is 6.04 Å². The summed E-state index contributed by atoms with van der Waals surface area (Å²) in [6.45, 7) is 8.38. The number of rotatable bonds is 5. The molecule has 2 saturated heterocycles. The van der Waals surface area contributed by atoms with E-state index < -0.39 is 11.9 Å². The highest BCUT2D eigenvalue weighted by molar-refractivity contribution is 5.43. The molecule has 0 bridgehead atoms. The minimum atomic E-state index is -4.45. The molecule has 2 aromatic heterocycles. The van der Waals surface area contributed by atoms with Crippen LogP contribution in [-0.4, -0.2) is 56.6 Å². The zero-order valence-electron chi connectivity index (χ0n) is 17.3. The summed E-state index contributed by atoms with van der Waals surface area (Å²) in [4.78, 5) is 9.40. The van der Waals surface area contributed by atoms with E-state index in [0.29, 0.717) is 23.8 Å². The fraction of sp³-hybridized carbons (Fsp3) is 0.714. The normalized spacial score (nSPS) is 22.7. The van der Waals surface area contributed by atoms with Crippen molar-refractivity contribution in [3.8, 4) is 0 Å². The number of nitrogens with zero attached hydrogens (tertiary/aromatic N) is 5. The van der Waals surface area contributed by atoms with Crippen LogP contribution in [0.2, 0.25) is 0 Å². The molecule has 0 radical (unpaired) electrons. The molecule has 0 N–H and O–H groups in total. The highest BCUT2D eigenvalue weighted by Crippen LogP contribution is 2.37. The van der Waals surface area contributed by atoms with Gasteiger partial charge in [0.2, 0.25) is 0 Å². The van der Waals surface area contributed by atoms with Crippen molar-refractivity contribution in [2.24, 2.45) is 0 Å². The Labute approximate surface area is 169 Å². The molecule has 5 nitrogen and oxygen atoms in total. The van der Waals surface area contributed by atoms with Gasteiger partial charge < -0.3 is 4.90 Å². The highest BCUT2D eigenvalue weighted by Gasteiger charge is 2.38. The predicted octanol–water partition coefficient (Wildman–Crippen LogP) is 4.32. The smallest absolute Gasteiger partial charge is 0.303 e. The summed E-state index contributed by atoms with van der Waals surface area (Å²) < 4.78 is 41.7. The third-order valence-electron chi connectivity index (χ3n) is 6.35. The molecule has 29 heavy (non-hydrogen) atoms. The number of halogens is 3. The summed E-state index contributed by atoms with van der Waals surface area (Å²) in [5.41, 5.74) is 0.743. The number of aromatic nitrogens is 3. The van der Waals surface area contributed by atoms with Gasteiger partial charge in [0.15, 0.2) is 5.65 Å². The van der Waals surface area contributed by atoms with Crippen LogP contribution >= 0.6 is 0 Å². The summed E-state index contributed by atoms with van der Waals surface area (Å²) in [7, 11) is 0. The summed E-state index contributed by atoms with van der Waals surface area (Å²) in [6, 6.07) is 3.47. The minimum absolute atomic E-state index is 0.0885. The summed E-state index contributed by atoms with van der Waals surface area (Å²) in [5, 5.41) is 4.41. The lowest BCUT2D eigenvalue weighted by Crippen LogP contribution is -2.44. The summed E-state index contributed by atoms with van der Waals surface area (Å²) in [5.74, 6) is 0. The van der Waals surface area contributed by atoms with Crippen LogP contribution in [0.25, 0.3) is 5.65 Å². The van der Waals surface area contributed by atoms with Crippen LogP contribution in [0.5, 0.6) is 0 Å². The number of hydrogen-bond donors (Lipinski definition) is 0. The van der Waals surface area contributed by atoms with Crippen LogP contribution in [-0.2, 0) is 12.6 Å². The fourth-order valence-corrected chi connectivity index (χ4v) is 4.92. The first-order valence-electron chi connectivity index (χ1n) is 10.9. The third kappa shape index (κ3) is 4.14. The van der Waals surface area contributed by atoms with E-state index in [1.165, 1.54) is 6.42 Å². The van der Waals surface area contributed by atoms with Crippen molar-refractivity contribution in [2.45, 2.75) is 70.6 Å². The van der Waals surface area contributed by atoms with E-state index >= 15 is 0 Å². The maximum absolute atomic E-state index is 13.6. The molecule has 0 amide bonds. The van der Waals surface area contributed by atoms with Crippen LogP contribution in [0.1, 0.15) is 69.1 Å². The van der Waals surface area contributed by atoms with Gasteiger partial charge in [-0.1, -0.05) is 13.8 Å². The van der Waals surface area contributed by atoms with Gasteiger partial charge in [-0.25, -0.2) is 9.50 Å². The van der Waals surface area contributed by atoms with Gasteiger partial charge in [-0.05, 0) is 70.8 Å². The highest BCUT2D eigenvalue weighted by atomic mass is 19.4. The van der Waals surface area contributed by atoms with Gasteiger partial charge in [-0.2, -0.15) is 18.3 Å². The summed E-state index contributed by atoms with van der Waals surface area (Å²) >= 11 is 0. The Morgan fingerprint density at radius 3 is 2.48 bits per heavy atom. The number of hydrogen-bond acceptors (Lipinski definition) is 4. The third-order valence-corrected chi connectivity index (χ3v) is 6.35. The number of likely N-dealkylation sites (tertiary alicyclic amines) is 2. The second-order valence-electron chi connectivity index (χ2n) is 8.29. The second kappa shape index (κ2) is 8.22. The number of aryl methyl sites for hydroxylation is 1. The Bertz CT molecular complexity index is 839. The van der Waals surface area contributed by atoms with Gasteiger partial charge in [0.1, 0.15) is 5.69 Å². The van der Waals surface area contributed by atoms with E-state index in [2.05, 4.69) is 26.8 Å². The molecule has 2 fully saturated rings. The molecule has 2 aromatic rings. The fourth-order valence-electron chi connectivity index (χ4n) is 4.92. The molecule has 0 aromatic carbocycles. The monoisotopic (exact) mass is 409 g/mol. The summed E-state index contributed by atoms with van der Waals surface area (Å²) in [6.07, 6.45) is 1.44. The molecule has 4 rings (SSSR count). The van der Waals surface area contributed by atoms with Gasteiger partial charge >= 0.3 is 6.18 Å². The topological polar surface area (TPSA) is 36.7 Å². The minimum Gasteiger partial charge on any atom is -0.303 e. The van der Waals surface area contributed by atoms with Gasteiger partial charge in [-0.3, -0.25) is 4.90 Å². The van der Waals surface area contributed by atoms with Crippen molar-refractivity contribution in [3.05, 3.63) is 29.2 Å². The van der Waals surface area contributed by atoms with E-state index in [0.717, 1.165) is 68.1 Å². The van der Waals surface area contributed by atoms with Crippen molar-refractivity contribution in [1.29, 1.82) is 0 Å². The lowest BCUT2D eigenvalue weighted by atomic mass is 10.0. The molecule has 0 saturated carbocycles. The van der Waals surface area contributed by atoms with Crippen LogP contribution < -0.4 is 0 Å². The van der Waals surface area contributed by atoms with Crippen molar-refractivity contribution >= 4 is 5.65 Å². The van der Waals surface area contributed by atoms with Gasteiger partial charge in [0.25, 0.3) is 0 Å². The molecule has 1 unspecified atom stereocenters. The molecule has 0 aliphatic carbocycles. The van der Waals surface area contributed by atoms with Gasteiger partial charge in [0.05, 0.1) is 11.7 Å². The predicted molar refractivity (Wildman–Crippen MR) is 106 cm³/mol. The molecule has 2 aliphatic heterocycles. The lowest BCUT2D eigenvalue weighted by molar-refractivity contribution is -0.142. The molecule has 160 valence electrons. The average molecular weight is 410 g/mol. The van der Waals surface area contributed by atoms with Crippen LogP contribution in [0.3, 0.4) is 0 Å². The van der Waals surface area contributed by atoms with Crippen LogP contribution in [0, 0.1) is 0 Å². The molecule has 0 spiro atoms. The zero-order valence-corrected chi connectivity index (χ0v) is 17.3. The average Bonchev–Trinajstić information content (AvgIpc) is 3.33. The first-order chi connectivity index (χ1) is 13.9. The molecule has 1 atom stereocenters. The quantitative estimate of drug-likeness (QED) is 0.737. The van der Waals surface area contributed by atoms with E-state index in [9.17, 15) is 13.2 Å². The SMILES string of the molecule is CCCN1CCC(N2CCCC2c2cc3nc(CC)cc(C(F)(F)F)n3n2)CC1.